The normalized spacial score (nSPS) is 30.6. The Hall–Kier alpha value is -0.830. The summed E-state index contributed by atoms with van der Waals surface area (Å²) in [6, 6.07) is 2.34. The Morgan fingerprint density at radius 1 is 1.37 bits per heavy atom. The van der Waals surface area contributed by atoms with Gasteiger partial charge < -0.3 is 5.32 Å². The zero-order valence-corrected chi connectivity index (χ0v) is 12.8. The number of nitrogens with one attached hydrogen (secondary N) is 1. The largest absolute Gasteiger partial charge is 0.349 e. The number of carbonyl (C=O) groups excluding carboxylic acids is 1. The van der Waals surface area contributed by atoms with Crippen LogP contribution in [-0.4, -0.2) is 11.9 Å². The van der Waals surface area contributed by atoms with Gasteiger partial charge in [-0.05, 0) is 69.4 Å². The molecule has 2 nitrogen and oxygen atoms in total. The monoisotopic (exact) mass is 277 g/mol. The fraction of sp³-hybridized carbons (Fsp3) is 0.688. The maximum Gasteiger partial charge on any atom is 0.261 e. The maximum atomic E-state index is 12.3. The highest BCUT2D eigenvalue weighted by atomic mass is 32.1. The first-order valence-corrected chi connectivity index (χ1v) is 8.24. The Morgan fingerprint density at radius 2 is 2.16 bits per heavy atom. The molecule has 4 atom stereocenters. The van der Waals surface area contributed by atoms with Gasteiger partial charge >= 0.3 is 0 Å². The number of fused-ring (bicyclic) bond motifs is 2. The number of hydrogen-bond acceptors (Lipinski definition) is 2. The molecular weight excluding hydrogens is 254 g/mol. The van der Waals surface area contributed by atoms with E-state index >= 15 is 0 Å². The van der Waals surface area contributed by atoms with Gasteiger partial charge in [0, 0.05) is 10.9 Å². The van der Waals surface area contributed by atoms with E-state index in [9.17, 15) is 4.79 Å². The van der Waals surface area contributed by atoms with E-state index in [1.807, 2.05) is 6.07 Å². The first-order chi connectivity index (χ1) is 9.04. The Morgan fingerprint density at radius 3 is 2.68 bits per heavy atom. The third-order valence-electron chi connectivity index (χ3n) is 5.18. The standard InChI is InChI=1S/C16H23NOS/c1-9-6-15(19-11(9)3)16(18)17-10(2)14-8-12-4-5-13(14)7-12/h6,10,12-14H,4-5,7-8H2,1-3H3,(H,17,18)/t10-,12-,13-,14+/m1/s1. The second kappa shape index (κ2) is 4.93. The van der Waals surface area contributed by atoms with E-state index in [2.05, 4.69) is 26.1 Å². The van der Waals surface area contributed by atoms with Gasteiger partial charge in [0.05, 0.1) is 4.88 Å². The first kappa shape index (κ1) is 13.2. The minimum absolute atomic E-state index is 0.122. The van der Waals surface area contributed by atoms with Crippen molar-refractivity contribution in [2.24, 2.45) is 17.8 Å². The number of thiophene rings is 1. The van der Waals surface area contributed by atoms with E-state index in [0.29, 0.717) is 12.0 Å². The first-order valence-electron chi connectivity index (χ1n) is 7.42. The SMILES string of the molecule is Cc1cc(C(=O)N[C@H](C)[C@@H]2C[C@@H]3CC[C@@H]2C3)sc1C. The summed E-state index contributed by atoms with van der Waals surface area (Å²) in [5.41, 5.74) is 1.22. The molecule has 0 spiro atoms. The third-order valence-corrected chi connectivity index (χ3v) is 6.33. The molecule has 2 fully saturated rings. The molecule has 0 aromatic carbocycles. The lowest BCUT2D eigenvalue weighted by molar-refractivity contribution is 0.0919. The topological polar surface area (TPSA) is 29.1 Å². The van der Waals surface area contributed by atoms with Gasteiger partial charge in [-0.1, -0.05) is 6.42 Å². The Balaban J connectivity index is 1.63. The Labute approximate surface area is 119 Å². The van der Waals surface area contributed by atoms with Crippen LogP contribution >= 0.6 is 11.3 Å². The lowest BCUT2D eigenvalue weighted by Gasteiger charge is -2.28. The van der Waals surface area contributed by atoms with Crippen molar-refractivity contribution in [3.8, 4) is 0 Å². The summed E-state index contributed by atoms with van der Waals surface area (Å²) in [5.74, 6) is 2.65. The van der Waals surface area contributed by atoms with Crippen molar-refractivity contribution in [3.05, 3.63) is 21.4 Å². The van der Waals surface area contributed by atoms with Crippen molar-refractivity contribution in [1.29, 1.82) is 0 Å². The van der Waals surface area contributed by atoms with E-state index in [1.54, 1.807) is 11.3 Å². The van der Waals surface area contributed by atoms with Crippen molar-refractivity contribution in [2.45, 2.75) is 52.5 Å². The molecule has 2 aliphatic rings. The van der Waals surface area contributed by atoms with Gasteiger partial charge in [0.2, 0.25) is 0 Å². The minimum atomic E-state index is 0.122. The second-order valence-electron chi connectivity index (χ2n) is 6.45. The Kier molecular flexibility index (Phi) is 3.42. The smallest absolute Gasteiger partial charge is 0.261 e. The van der Waals surface area contributed by atoms with Crippen molar-refractivity contribution in [3.63, 3.8) is 0 Å². The zero-order chi connectivity index (χ0) is 13.6. The van der Waals surface area contributed by atoms with Gasteiger partial charge in [-0.15, -0.1) is 11.3 Å². The molecule has 0 radical (unpaired) electrons. The molecule has 2 saturated carbocycles. The zero-order valence-electron chi connectivity index (χ0n) is 12.0. The van der Waals surface area contributed by atoms with Crippen LogP contribution in [0.4, 0.5) is 0 Å². The van der Waals surface area contributed by atoms with E-state index in [1.165, 1.54) is 36.1 Å². The molecule has 104 valence electrons. The van der Waals surface area contributed by atoms with Gasteiger partial charge in [0.15, 0.2) is 0 Å². The number of aryl methyl sites for hydroxylation is 2. The Bertz CT molecular complexity index is 473. The maximum absolute atomic E-state index is 12.3. The molecule has 3 rings (SSSR count). The van der Waals surface area contributed by atoms with Crippen molar-refractivity contribution in [2.75, 3.05) is 0 Å². The molecule has 2 aliphatic carbocycles. The number of carbonyl (C=O) groups is 1. The van der Waals surface area contributed by atoms with Crippen LogP contribution in [0.2, 0.25) is 0 Å². The van der Waals surface area contributed by atoms with E-state index < -0.39 is 0 Å². The van der Waals surface area contributed by atoms with Crippen LogP contribution in [0.5, 0.6) is 0 Å². The highest BCUT2D eigenvalue weighted by molar-refractivity contribution is 7.14. The van der Waals surface area contributed by atoms with Crippen LogP contribution in [0.3, 0.4) is 0 Å². The van der Waals surface area contributed by atoms with Crippen LogP contribution < -0.4 is 5.32 Å². The van der Waals surface area contributed by atoms with Gasteiger partial charge in [-0.2, -0.15) is 0 Å². The molecule has 1 aromatic rings. The molecule has 1 N–H and O–H groups in total. The van der Waals surface area contributed by atoms with Crippen LogP contribution in [0.15, 0.2) is 6.07 Å². The summed E-state index contributed by atoms with van der Waals surface area (Å²) in [6.07, 6.45) is 5.54. The van der Waals surface area contributed by atoms with E-state index in [4.69, 9.17) is 0 Å². The van der Waals surface area contributed by atoms with Crippen molar-refractivity contribution in [1.82, 2.24) is 5.32 Å². The van der Waals surface area contributed by atoms with Crippen LogP contribution in [0.1, 0.15) is 52.7 Å². The fourth-order valence-corrected chi connectivity index (χ4v) is 4.91. The highest BCUT2D eigenvalue weighted by Gasteiger charge is 2.42. The second-order valence-corrected chi connectivity index (χ2v) is 7.71. The number of rotatable bonds is 3. The average Bonchev–Trinajstić information content (AvgIpc) is 3.06. The summed E-state index contributed by atoms with van der Waals surface area (Å²) in [6.45, 7) is 6.34. The van der Waals surface area contributed by atoms with Crippen molar-refractivity contribution >= 4 is 17.2 Å². The fourth-order valence-electron chi connectivity index (χ4n) is 3.98. The molecule has 1 aromatic heterocycles. The third kappa shape index (κ3) is 2.45. The predicted octanol–water partition coefficient (Wildman–Crippen LogP) is 3.92. The molecular formula is C16H23NOS. The number of amides is 1. The molecule has 2 bridgehead atoms. The highest BCUT2D eigenvalue weighted by Crippen LogP contribution is 2.49. The predicted molar refractivity (Wildman–Crippen MR) is 79.7 cm³/mol. The molecule has 1 heterocycles. The molecule has 0 saturated heterocycles. The summed E-state index contributed by atoms with van der Waals surface area (Å²) >= 11 is 1.61. The molecule has 0 aliphatic heterocycles. The number of hydrogen-bond donors (Lipinski definition) is 1. The van der Waals surface area contributed by atoms with Crippen LogP contribution in [0.25, 0.3) is 0 Å². The average molecular weight is 277 g/mol. The van der Waals surface area contributed by atoms with Gasteiger partial charge in [-0.25, -0.2) is 0 Å². The van der Waals surface area contributed by atoms with Gasteiger partial charge in [0.1, 0.15) is 0 Å². The molecule has 3 heteroatoms. The molecule has 0 unspecified atom stereocenters. The van der Waals surface area contributed by atoms with Crippen LogP contribution in [-0.2, 0) is 0 Å². The van der Waals surface area contributed by atoms with E-state index in [-0.39, 0.29) is 5.91 Å². The molecule has 19 heavy (non-hydrogen) atoms. The molecule has 1 amide bonds. The quantitative estimate of drug-likeness (QED) is 0.891. The lowest BCUT2D eigenvalue weighted by atomic mass is 9.84. The summed E-state index contributed by atoms with van der Waals surface area (Å²) in [7, 11) is 0. The summed E-state index contributed by atoms with van der Waals surface area (Å²) < 4.78 is 0. The van der Waals surface area contributed by atoms with Crippen molar-refractivity contribution < 1.29 is 4.79 Å². The minimum Gasteiger partial charge on any atom is -0.349 e. The van der Waals surface area contributed by atoms with Gasteiger partial charge in [-0.3, -0.25) is 4.79 Å². The summed E-state index contributed by atoms with van der Waals surface area (Å²) in [5, 5.41) is 3.24. The lowest BCUT2D eigenvalue weighted by Crippen LogP contribution is -2.39. The van der Waals surface area contributed by atoms with Gasteiger partial charge in [0.25, 0.3) is 5.91 Å². The van der Waals surface area contributed by atoms with E-state index in [0.717, 1.165) is 16.7 Å². The summed E-state index contributed by atoms with van der Waals surface area (Å²) in [4.78, 5) is 14.4. The van der Waals surface area contributed by atoms with Crippen LogP contribution in [0, 0.1) is 31.6 Å².